The molecule has 0 saturated carbocycles. The molecule has 0 atom stereocenters. The van der Waals surface area contributed by atoms with E-state index in [0.29, 0.717) is 0 Å². The van der Waals surface area contributed by atoms with Crippen molar-refractivity contribution < 1.29 is 0 Å². The topological polar surface area (TPSA) is 17.8 Å². The molecule has 30 heavy (non-hydrogen) atoms. The Morgan fingerprint density at radius 1 is 0.667 bits per heavy atom. The van der Waals surface area contributed by atoms with Crippen molar-refractivity contribution in [2.24, 2.45) is 7.05 Å². The van der Waals surface area contributed by atoms with Crippen LogP contribution in [0.5, 0.6) is 0 Å². The van der Waals surface area contributed by atoms with Gasteiger partial charge in [-0.3, -0.25) is 0 Å². The molecular weight excluding hydrogens is 364 g/mol. The molecule has 0 aliphatic carbocycles. The van der Waals surface area contributed by atoms with E-state index < -0.39 is 0 Å². The summed E-state index contributed by atoms with van der Waals surface area (Å²) in [6.45, 7) is 0. The molecule has 0 saturated heterocycles. The maximum atomic E-state index is 5.13. The van der Waals surface area contributed by atoms with Gasteiger partial charge in [0, 0.05) is 28.7 Å². The summed E-state index contributed by atoms with van der Waals surface area (Å²) in [4.78, 5) is 5.13. The third kappa shape index (κ3) is 2.47. The zero-order chi connectivity index (χ0) is 20.1. The minimum atomic E-state index is 1.01. The average molecular weight is 384 g/mol. The van der Waals surface area contributed by atoms with Crippen LogP contribution in [0.2, 0.25) is 0 Å². The smallest absolute Gasteiger partial charge is 0.0737 e. The third-order valence-corrected chi connectivity index (χ3v) is 5.98. The molecule has 0 N–H and O–H groups in total. The number of hydrogen-bond acceptors (Lipinski definition) is 1. The second-order valence-corrected chi connectivity index (χ2v) is 7.72. The molecule has 0 amide bonds. The Labute approximate surface area is 174 Å². The lowest BCUT2D eigenvalue weighted by Gasteiger charge is -2.09. The molecule has 2 heteroatoms. The summed E-state index contributed by atoms with van der Waals surface area (Å²) in [5, 5.41) is 6.16. The third-order valence-electron chi connectivity index (χ3n) is 5.98. The Morgan fingerprint density at radius 2 is 1.40 bits per heavy atom. The van der Waals surface area contributed by atoms with Gasteiger partial charge in [-0.25, -0.2) is 4.98 Å². The van der Waals surface area contributed by atoms with Gasteiger partial charge in [0.15, 0.2) is 0 Å². The summed E-state index contributed by atoms with van der Waals surface area (Å²) in [5.74, 6) is 0. The summed E-state index contributed by atoms with van der Waals surface area (Å²) >= 11 is 0. The number of pyridine rings is 1. The molecule has 0 fully saturated rings. The highest BCUT2D eigenvalue weighted by molar-refractivity contribution is 6.25. The summed E-state index contributed by atoms with van der Waals surface area (Å²) in [5.41, 5.74) is 5.68. The van der Waals surface area contributed by atoms with Crippen LogP contribution in [0, 0.1) is 0 Å². The molecule has 2 aromatic heterocycles. The Bertz CT molecular complexity index is 1590. The van der Waals surface area contributed by atoms with Crippen molar-refractivity contribution in [3.63, 3.8) is 0 Å². The Kier molecular flexibility index (Phi) is 3.72. The van der Waals surface area contributed by atoms with E-state index in [4.69, 9.17) is 4.98 Å². The van der Waals surface area contributed by atoms with Gasteiger partial charge >= 0.3 is 0 Å². The van der Waals surface area contributed by atoms with E-state index in [1.165, 1.54) is 43.5 Å². The van der Waals surface area contributed by atoms with E-state index >= 15 is 0 Å². The van der Waals surface area contributed by atoms with Gasteiger partial charge in [-0.05, 0) is 34.5 Å². The lowest BCUT2D eigenvalue weighted by atomic mass is 10.0. The van der Waals surface area contributed by atoms with Gasteiger partial charge in [0.25, 0.3) is 0 Å². The van der Waals surface area contributed by atoms with E-state index in [1.54, 1.807) is 0 Å². The van der Waals surface area contributed by atoms with Gasteiger partial charge in [0.05, 0.1) is 16.7 Å². The number of benzene rings is 4. The van der Waals surface area contributed by atoms with Crippen molar-refractivity contribution >= 4 is 55.6 Å². The standard InChI is InChI=1S/C28H20N2/c1-30-25-14-8-7-13-22(25)27-23(17-15-19-9-3-2-4-10-19)29-24-18-16-20-11-5-6-12-21(20)26(24)28(27)30/h2-18H,1H3/b17-15+. The lowest BCUT2D eigenvalue weighted by Crippen LogP contribution is -1.93. The lowest BCUT2D eigenvalue weighted by molar-refractivity contribution is 1.02. The van der Waals surface area contributed by atoms with E-state index in [2.05, 4.69) is 109 Å². The highest BCUT2D eigenvalue weighted by atomic mass is 14.9. The first-order chi connectivity index (χ1) is 14.8. The van der Waals surface area contributed by atoms with Gasteiger partial charge in [-0.1, -0.05) is 84.9 Å². The second-order valence-electron chi connectivity index (χ2n) is 7.72. The van der Waals surface area contributed by atoms with Crippen LogP contribution in [0.25, 0.3) is 55.6 Å². The SMILES string of the molecule is Cn1c2ccccc2c2c(/C=C/c3ccccc3)nc3ccc4ccccc4c3c21. The number of rotatable bonds is 2. The van der Waals surface area contributed by atoms with Gasteiger partial charge in [0.2, 0.25) is 0 Å². The van der Waals surface area contributed by atoms with Gasteiger partial charge in [0.1, 0.15) is 0 Å². The first kappa shape index (κ1) is 17.0. The molecule has 0 radical (unpaired) electrons. The molecule has 6 rings (SSSR count). The molecular formula is C28H20N2. The molecule has 2 heterocycles. The van der Waals surface area contributed by atoms with Crippen molar-refractivity contribution in [1.82, 2.24) is 9.55 Å². The Morgan fingerprint density at radius 3 is 2.27 bits per heavy atom. The average Bonchev–Trinajstić information content (AvgIpc) is 3.11. The summed E-state index contributed by atoms with van der Waals surface area (Å²) in [6, 6.07) is 31.9. The number of hydrogen-bond donors (Lipinski definition) is 0. The molecule has 0 unspecified atom stereocenters. The fraction of sp³-hybridized carbons (Fsp3) is 0.0357. The van der Waals surface area contributed by atoms with Crippen molar-refractivity contribution in [1.29, 1.82) is 0 Å². The van der Waals surface area contributed by atoms with Gasteiger partial charge in [-0.2, -0.15) is 0 Å². The minimum Gasteiger partial charge on any atom is -0.343 e. The van der Waals surface area contributed by atoms with Crippen LogP contribution in [0.3, 0.4) is 0 Å². The van der Waals surface area contributed by atoms with Crippen LogP contribution in [0.4, 0.5) is 0 Å². The molecule has 0 aliphatic heterocycles. The quantitative estimate of drug-likeness (QED) is 0.289. The number of aryl methyl sites for hydroxylation is 1. The highest BCUT2D eigenvalue weighted by Crippen LogP contribution is 2.38. The largest absolute Gasteiger partial charge is 0.343 e. The molecule has 4 aromatic carbocycles. The maximum absolute atomic E-state index is 5.13. The molecule has 6 aromatic rings. The van der Waals surface area contributed by atoms with E-state index in [1.807, 2.05) is 6.07 Å². The number of aromatic nitrogens is 2. The normalized spacial score (nSPS) is 12.0. The van der Waals surface area contributed by atoms with Crippen LogP contribution < -0.4 is 0 Å². The summed E-state index contributed by atoms with van der Waals surface area (Å²) in [6.07, 6.45) is 4.30. The molecule has 0 spiro atoms. The predicted octanol–water partition coefficient (Wildman–Crippen LogP) is 7.20. The molecule has 0 aliphatic rings. The number of para-hydroxylation sites is 1. The number of fused-ring (bicyclic) bond motifs is 7. The maximum Gasteiger partial charge on any atom is 0.0737 e. The first-order valence-electron chi connectivity index (χ1n) is 10.2. The van der Waals surface area contributed by atoms with Crippen molar-refractivity contribution in [3.8, 4) is 0 Å². The zero-order valence-electron chi connectivity index (χ0n) is 16.7. The van der Waals surface area contributed by atoms with Crippen molar-refractivity contribution in [2.45, 2.75) is 0 Å². The van der Waals surface area contributed by atoms with Crippen LogP contribution >= 0.6 is 0 Å². The molecule has 0 bridgehead atoms. The van der Waals surface area contributed by atoms with Gasteiger partial charge < -0.3 is 4.57 Å². The monoisotopic (exact) mass is 384 g/mol. The van der Waals surface area contributed by atoms with Crippen LogP contribution in [0.15, 0.2) is 91.0 Å². The summed E-state index contributed by atoms with van der Waals surface area (Å²) < 4.78 is 2.32. The van der Waals surface area contributed by atoms with E-state index in [-0.39, 0.29) is 0 Å². The van der Waals surface area contributed by atoms with E-state index in [9.17, 15) is 0 Å². The first-order valence-corrected chi connectivity index (χ1v) is 10.2. The van der Waals surface area contributed by atoms with Crippen LogP contribution in [-0.4, -0.2) is 9.55 Å². The van der Waals surface area contributed by atoms with Crippen LogP contribution in [0.1, 0.15) is 11.3 Å². The predicted molar refractivity (Wildman–Crippen MR) is 129 cm³/mol. The highest BCUT2D eigenvalue weighted by Gasteiger charge is 2.17. The minimum absolute atomic E-state index is 1.01. The fourth-order valence-electron chi connectivity index (χ4n) is 4.59. The molecule has 2 nitrogen and oxygen atoms in total. The van der Waals surface area contributed by atoms with Crippen molar-refractivity contribution in [2.75, 3.05) is 0 Å². The van der Waals surface area contributed by atoms with Gasteiger partial charge in [-0.15, -0.1) is 0 Å². The fourth-order valence-corrected chi connectivity index (χ4v) is 4.59. The zero-order valence-corrected chi connectivity index (χ0v) is 16.7. The Balaban J connectivity index is 1.79. The van der Waals surface area contributed by atoms with Crippen molar-refractivity contribution in [3.05, 3.63) is 102 Å². The Hall–Kier alpha value is -3.91. The summed E-state index contributed by atoms with van der Waals surface area (Å²) in [7, 11) is 2.16. The van der Waals surface area contributed by atoms with E-state index in [0.717, 1.165) is 11.2 Å². The van der Waals surface area contributed by atoms with Crippen LogP contribution in [-0.2, 0) is 7.05 Å². The second kappa shape index (κ2) is 6.57. The number of nitrogens with zero attached hydrogens (tertiary/aromatic N) is 2. The molecule has 142 valence electrons.